The van der Waals surface area contributed by atoms with Crippen LogP contribution < -0.4 is 5.32 Å². The number of carbonyl (C=O) groups excluding carboxylic acids is 1. The Morgan fingerprint density at radius 3 is 2.27 bits per heavy atom. The molecule has 0 aliphatic heterocycles. The van der Waals surface area contributed by atoms with Crippen molar-refractivity contribution in [2.75, 3.05) is 7.11 Å². The van der Waals surface area contributed by atoms with Crippen LogP contribution in [0.25, 0.3) is 0 Å². The van der Waals surface area contributed by atoms with Crippen molar-refractivity contribution < 1.29 is 33.0 Å². The number of carboxylic acid groups (broad SMARTS) is 1. The van der Waals surface area contributed by atoms with Crippen molar-refractivity contribution in [3.8, 4) is 0 Å². The molecule has 0 radical (unpaired) electrons. The minimum atomic E-state index is -3.11. The summed E-state index contributed by atoms with van der Waals surface area (Å²) in [6.45, 7) is -2.01. The van der Waals surface area contributed by atoms with E-state index in [1.54, 1.807) is 0 Å². The lowest BCUT2D eigenvalue weighted by Crippen LogP contribution is -2.49. The number of alkyl carbamates (subject to hydrolysis) is 1. The molecule has 0 fully saturated rings. The van der Waals surface area contributed by atoms with Crippen LogP contribution in [0, 0.1) is 0 Å². The van der Waals surface area contributed by atoms with Crippen LogP contribution in [0.5, 0.6) is 0 Å². The van der Waals surface area contributed by atoms with Crippen molar-refractivity contribution in [2.45, 2.75) is 25.7 Å². The molecule has 2 atom stereocenters. The van der Waals surface area contributed by atoms with Gasteiger partial charge < -0.3 is 19.9 Å². The van der Waals surface area contributed by atoms with E-state index in [-0.39, 0.29) is 0 Å². The van der Waals surface area contributed by atoms with Crippen molar-refractivity contribution in [3.05, 3.63) is 0 Å². The lowest BCUT2D eigenvalue weighted by molar-refractivity contribution is -0.173. The molecule has 0 aromatic rings. The molecule has 88 valence electrons. The quantitative estimate of drug-likeness (QED) is 0.711. The van der Waals surface area contributed by atoms with Crippen molar-refractivity contribution in [1.29, 1.82) is 0 Å². The van der Waals surface area contributed by atoms with Gasteiger partial charge in [-0.05, 0) is 6.92 Å². The molecule has 0 aromatic carbocycles. The molecule has 0 heterocycles. The highest BCUT2D eigenvalue weighted by molar-refractivity contribution is 5.80. The topological polar surface area (TPSA) is 84.9 Å². The monoisotopic (exact) mass is 227 g/mol. The molecular weight excluding hydrogens is 216 g/mol. The van der Waals surface area contributed by atoms with E-state index in [9.17, 15) is 18.4 Å². The molecule has 0 aliphatic carbocycles. The highest BCUT2D eigenvalue weighted by atomic mass is 19.3. The molecule has 0 rings (SSSR count). The van der Waals surface area contributed by atoms with E-state index in [0.29, 0.717) is 0 Å². The summed E-state index contributed by atoms with van der Waals surface area (Å²) in [5, 5.41) is 10.5. The fraction of sp³-hybridized carbons (Fsp3) is 0.714. The zero-order valence-electron chi connectivity index (χ0n) is 8.07. The van der Waals surface area contributed by atoms with Crippen LogP contribution in [0.1, 0.15) is 6.92 Å². The highest BCUT2D eigenvalue weighted by Crippen LogP contribution is 2.06. The van der Waals surface area contributed by atoms with Crippen LogP contribution in [-0.4, -0.2) is 43.0 Å². The van der Waals surface area contributed by atoms with Crippen molar-refractivity contribution in [3.63, 3.8) is 0 Å². The first-order valence-electron chi connectivity index (χ1n) is 3.89. The number of hydrogen-bond acceptors (Lipinski definition) is 4. The van der Waals surface area contributed by atoms with Crippen molar-refractivity contribution >= 4 is 12.1 Å². The summed E-state index contributed by atoms with van der Waals surface area (Å²) in [5.41, 5.74) is 0. The number of methoxy groups -OCH3 is 1. The van der Waals surface area contributed by atoms with Crippen LogP contribution in [0.2, 0.25) is 0 Å². The SMILES string of the molecule is COC(=O)N[C@H](C(=O)O)[C@@H](C)OC(F)F. The molecule has 1 amide bonds. The van der Waals surface area contributed by atoms with Crippen LogP contribution in [-0.2, 0) is 14.3 Å². The van der Waals surface area contributed by atoms with Crippen LogP contribution in [0.3, 0.4) is 0 Å². The molecule has 15 heavy (non-hydrogen) atoms. The molecule has 0 saturated carbocycles. The van der Waals surface area contributed by atoms with Crippen LogP contribution >= 0.6 is 0 Å². The Bertz CT molecular complexity index is 235. The van der Waals surface area contributed by atoms with Crippen molar-refractivity contribution in [2.24, 2.45) is 0 Å². The number of halogens is 2. The van der Waals surface area contributed by atoms with Gasteiger partial charge in [-0.3, -0.25) is 0 Å². The number of hydrogen-bond donors (Lipinski definition) is 2. The molecule has 0 bridgehead atoms. The first-order chi connectivity index (χ1) is 6.88. The van der Waals surface area contributed by atoms with Gasteiger partial charge in [-0.1, -0.05) is 0 Å². The largest absolute Gasteiger partial charge is 0.480 e. The van der Waals surface area contributed by atoms with Crippen molar-refractivity contribution in [1.82, 2.24) is 5.32 Å². The maximum absolute atomic E-state index is 11.8. The average molecular weight is 227 g/mol. The van der Waals surface area contributed by atoms with E-state index in [1.165, 1.54) is 0 Å². The Labute approximate surface area is 84.2 Å². The predicted molar refractivity (Wildman–Crippen MR) is 43.5 cm³/mol. The Hall–Kier alpha value is -1.44. The predicted octanol–water partition coefficient (Wildman–Crippen LogP) is 0.423. The van der Waals surface area contributed by atoms with Crippen LogP contribution in [0.15, 0.2) is 0 Å². The summed E-state index contributed by atoms with van der Waals surface area (Å²) in [5.74, 6) is -1.49. The Morgan fingerprint density at radius 2 is 1.93 bits per heavy atom. The Kier molecular flexibility index (Phi) is 5.53. The fourth-order valence-electron chi connectivity index (χ4n) is 0.807. The first-order valence-corrected chi connectivity index (χ1v) is 3.89. The van der Waals surface area contributed by atoms with Gasteiger partial charge in [0.15, 0.2) is 6.04 Å². The number of rotatable bonds is 5. The normalized spacial score (nSPS) is 14.5. The number of carboxylic acids is 1. The maximum Gasteiger partial charge on any atom is 0.407 e. The smallest absolute Gasteiger partial charge is 0.407 e. The third kappa shape index (κ3) is 5.11. The van der Waals surface area contributed by atoms with Gasteiger partial charge >= 0.3 is 18.7 Å². The molecule has 0 unspecified atom stereocenters. The van der Waals surface area contributed by atoms with E-state index in [2.05, 4.69) is 9.47 Å². The van der Waals surface area contributed by atoms with Gasteiger partial charge in [-0.25, -0.2) is 9.59 Å². The fourth-order valence-corrected chi connectivity index (χ4v) is 0.807. The van der Waals surface area contributed by atoms with E-state index >= 15 is 0 Å². The van der Waals surface area contributed by atoms with Gasteiger partial charge in [0.2, 0.25) is 0 Å². The van der Waals surface area contributed by atoms with Crippen LogP contribution in [0.4, 0.5) is 13.6 Å². The minimum absolute atomic E-state index is 1.02. The zero-order valence-corrected chi connectivity index (χ0v) is 8.07. The van der Waals surface area contributed by atoms with Gasteiger partial charge in [0.05, 0.1) is 13.2 Å². The summed E-state index contributed by atoms with van der Waals surface area (Å²) >= 11 is 0. The molecule has 0 aromatic heterocycles. The molecule has 8 heteroatoms. The number of ether oxygens (including phenoxy) is 2. The van der Waals surface area contributed by atoms with E-state index in [1.807, 2.05) is 5.32 Å². The Balaban J connectivity index is 4.38. The second kappa shape index (κ2) is 6.12. The molecule has 2 N–H and O–H groups in total. The van der Waals surface area contributed by atoms with Gasteiger partial charge in [-0.2, -0.15) is 8.78 Å². The maximum atomic E-state index is 11.8. The van der Waals surface area contributed by atoms with E-state index in [0.717, 1.165) is 14.0 Å². The standard InChI is InChI=1S/C7H11F2NO5/c1-3(15-6(8)9)4(5(11)12)10-7(13)14-2/h3-4,6H,1-2H3,(H,10,13)(H,11,12)/t3-,4+/m1/s1. The number of alkyl halides is 2. The molecule has 0 spiro atoms. The van der Waals surface area contributed by atoms with E-state index in [4.69, 9.17) is 5.11 Å². The molecular formula is C7H11F2NO5. The van der Waals surface area contributed by atoms with Gasteiger partial charge in [0, 0.05) is 0 Å². The summed E-state index contributed by atoms with van der Waals surface area (Å²) < 4.78 is 31.6. The first kappa shape index (κ1) is 13.6. The number of amides is 1. The summed E-state index contributed by atoms with van der Waals surface area (Å²) in [6, 6.07) is -1.59. The third-order valence-corrected chi connectivity index (χ3v) is 1.51. The summed E-state index contributed by atoms with van der Waals surface area (Å²) in [6.07, 6.45) is -2.41. The summed E-state index contributed by atoms with van der Waals surface area (Å²) in [4.78, 5) is 21.3. The Morgan fingerprint density at radius 1 is 1.40 bits per heavy atom. The minimum Gasteiger partial charge on any atom is -0.480 e. The molecule has 0 saturated heterocycles. The number of aliphatic carboxylic acids is 1. The molecule has 0 aliphatic rings. The number of nitrogens with one attached hydrogen (secondary N) is 1. The average Bonchev–Trinajstić information content (AvgIpc) is 2.11. The second-order valence-corrected chi connectivity index (χ2v) is 2.55. The number of carbonyl (C=O) groups is 2. The zero-order chi connectivity index (χ0) is 12.0. The highest BCUT2D eigenvalue weighted by Gasteiger charge is 2.29. The van der Waals surface area contributed by atoms with E-state index < -0.39 is 30.8 Å². The van der Waals surface area contributed by atoms with Gasteiger partial charge in [-0.15, -0.1) is 0 Å². The lowest BCUT2D eigenvalue weighted by Gasteiger charge is -2.20. The lowest BCUT2D eigenvalue weighted by atomic mass is 10.2. The van der Waals surface area contributed by atoms with Gasteiger partial charge in [0.25, 0.3) is 0 Å². The molecule has 6 nitrogen and oxygen atoms in total. The second-order valence-electron chi connectivity index (χ2n) is 2.55. The van der Waals surface area contributed by atoms with Gasteiger partial charge in [0.1, 0.15) is 0 Å². The summed E-state index contributed by atoms with van der Waals surface area (Å²) in [7, 11) is 1.02. The third-order valence-electron chi connectivity index (χ3n) is 1.51.